The number of nitrogens with zero attached hydrogens (tertiary/aromatic N) is 1. The van der Waals surface area contributed by atoms with Gasteiger partial charge in [-0.15, -0.1) is 0 Å². The second-order valence-electron chi connectivity index (χ2n) is 7.10. The van der Waals surface area contributed by atoms with Gasteiger partial charge in [-0.1, -0.05) is 48.1 Å². The molecule has 2 aliphatic carbocycles. The van der Waals surface area contributed by atoms with E-state index in [1.165, 1.54) is 4.31 Å². The highest BCUT2D eigenvalue weighted by Crippen LogP contribution is 2.42. The molecule has 1 heterocycles. The van der Waals surface area contributed by atoms with Crippen LogP contribution in [0.15, 0.2) is 76.3 Å². The van der Waals surface area contributed by atoms with E-state index in [0.29, 0.717) is 11.4 Å². The number of fused-ring (bicyclic) bond motifs is 2. The number of aryl methyl sites for hydroxylation is 1. The van der Waals surface area contributed by atoms with Crippen LogP contribution in [-0.4, -0.2) is 31.6 Å². The fourth-order valence-corrected chi connectivity index (χ4v) is 5.48. The van der Waals surface area contributed by atoms with Gasteiger partial charge in [0.2, 0.25) is 10.0 Å². The van der Waals surface area contributed by atoms with Gasteiger partial charge in [0, 0.05) is 30.5 Å². The number of carbonyl (C=O) groups excluding carboxylic acids is 1. The second-order valence-corrected chi connectivity index (χ2v) is 9.04. The van der Waals surface area contributed by atoms with Crippen LogP contribution in [0.4, 0.5) is 0 Å². The van der Waals surface area contributed by atoms with Gasteiger partial charge in [-0.25, -0.2) is 8.42 Å². The van der Waals surface area contributed by atoms with Gasteiger partial charge in [0.05, 0.1) is 4.90 Å². The number of benzene rings is 1. The van der Waals surface area contributed by atoms with E-state index >= 15 is 0 Å². The highest BCUT2D eigenvalue weighted by molar-refractivity contribution is 7.89. The number of allylic oxidation sites excluding steroid dienone is 6. The summed E-state index contributed by atoms with van der Waals surface area (Å²) >= 11 is 0. The van der Waals surface area contributed by atoms with Crippen molar-refractivity contribution in [1.29, 1.82) is 0 Å². The van der Waals surface area contributed by atoms with Crippen LogP contribution in [0.25, 0.3) is 0 Å². The first-order chi connectivity index (χ1) is 12.4. The van der Waals surface area contributed by atoms with Crippen LogP contribution in [0, 0.1) is 18.8 Å². The summed E-state index contributed by atoms with van der Waals surface area (Å²) < 4.78 is 27.6. The molecule has 3 aliphatic rings. The van der Waals surface area contributed by atoms with Crippen molar-refractivity contribution < 1.29 is 13.2 Å². The van der Waals surface area contributed by atoms with Crippen molar-refractivity contribution in [2.75, 3.05) is 13.1 Å². The molecule has 1 aliphatic heterocycles. The van der Waals surface area contributed by atoms with Gasteiger partial charge in [-0.05, 0) is 37.1 Å². The third-order valence-electron chi connectivity index (χ3n) is 5.35. The normalized spacial score (nSPS) is 25.1. The topological polar surface area (TPSA) is 54.5 Å². The molecular weight excluding hydrogens is 346 g/mol. The molecule has 1 saturated heterocycles. The third kappa shape index (κ3) is 2.72. The molecule has 1 aromatic carbocycles. The number of rotatable bonds is 3. The van der Waals surface area contributed by atoms with Crippen molar-refractivity contribution in [2.24, 2.45) is 11.8 Å². The maximum atomic E-state index is 13.0. The van der Waals surface area contributed by atoms with E-state index in [4.69, 9.17) is 0 Å². The van der Waals surface area contributed by atoms with Gasteiger partial charge < -0.3 is 0 Å². The van der Waals surface area contributed by atoms with Crippen LogP contribution in [-0.2, 0) is 14.8 Å². The highest BCUT2D eigenvalue weighted by atomic mass is 32.2. The summed E-state index contributed by atoms with van der Waals surface area (Å²) in [5.41, 5.74) is 3.81. The minimum absolute atomic E-state index is 0.0233. The Labute approximate surface area is 154 Å². The van der Waals surface area contributed by atoms with Crippen LogP contribution < -0.4 is 0 Å². The summed E-state index contributed by atoms with van der Waals surface area (Å²) in [6.07, 6.45) is 10.1. The standard InChI is InChI=1S/C21H21NO3S/c1-14-7-9-18(10-8-14)26(24,25)22-12-17-11-16-5-3-4-6-19(16)21(15(2)23)20(17)13-22/h3-11,17,19H,12-13H2,1-2H3/t17-,19-/m0/s1. The van der Waals surface area contributed by atoms with E-state index in [1.54, 1.807) is 19.1 Å². The minimum atomic E-state index is -3.57. The molecule has 0 unspecified atom stereocenters. The van der Waals surface area contributed by atoms with Crippen LogP contribution in [0.5, 0.6) is 0 Å². The maximum Gasteiger partial charge on any atom is 0.243 e. The molecule has 5 heteroatoms. The summed E-state index contributed by atoms with van der Waals surface area (Å²) in [7, 11) is -3.57. The quantitative estimate of drug-likeness (QED) is 0.824. The maximum absolute atomic E-state index is 13.0. The van der Waals surface area contributed by atoms with Gasteiger partial charge >= 0.3 is 0 Å². The number of hydrogen-bond acceptors (Lipinski definition) is 3. The van der Waals surface area contributed by atoms with E-state index in [-0.39, 0.29) is 24.2 Å². The number of hydrogen-bond donors (Lipinski definition) is 0. The first-order valence-corrected chi connectivity index (χ1v) is 10.2. The number of Topliss-reactive ketones (excluding diaryl/α,β-unsaturated/α-hetero) is 1. The number of ketones is 1. The molecule has 0 aromatic heterocycles. The Balaban J connectivity index is 1.74. The molecule has 0 radical (unpaired) electrons. The zero-order valence-electron chi connectivity index (χ0n) is 14.8. The van der Waals surface area contributed by atoms with Gasteiger partial charge in [-0.2, -0.15) is 4.31 Å². The molecule has 0 spiro atoms. The van der Waals surface area contributed by atoms with Crippen molar-refractivity contribution in [3.05, 3.63) is 76.9 Å². The Morgan fingerprint density at radius 2 is 1.88 bits per heavy atom. The molecule has 26 heavy (non-hydrogen) atoms. The van der Waals surface area contributed by atoms with Crippen LogP contribution in [0.2, 0.25) is 0 Å². The summed E-state index contributed by atoms with van der Waals surface area (Å²) in [4.78, 5) is 12.7. The van der Waals surface area contributed by atoms with Crippen LogP contribution in [0.1, 0.15) is 12.5 Å². The number of carbonyl (C=O) groups is 1. The molecule has 4 nitrogen and oxygen atoms in total. The van der Waals surface area contributed by atoms with E-state index in [0.717, 1.165) is 22.3 Å². The van der Waals surface area contributed by atoms with Gasteiger partial charge in [0.25, 0.3) is 0 Å². The van der Waals surface area contributed by atoms with E-state index in [9.17, 15) is 13.2 Å². The fourth-order valence-electron chi connectivity index (χ4n) is 4.04. The van der Waals surface area contributed by atoms with Gasteiger partial charge in [0.15, 0.2) is 5.78 Å². The monoisotopic (exact) mass is 367 g/mol. The SMILES string of the molecule is CC(=O)C1=C2CN(S(=O)(=O)c3ccc(C)cc3)C[C@@H]2C=C2C=CC=C[C@@H]21. The van der Waals surface area contributed by atoms with E-state index < -0.39 is 10.0 Å². The van der Waals surface area contributed by atoms with Crippen LogP contribution in [0.3, 0.4) is 0 Å². The van der Waals surface area contributed by atoms with Crippen molar-refractivity contribution in [3.8, 4) is 0 Å². The van der Waals surface area contributed by atoms with Gasteiger partial charge in [0.1, 0.15) is 0 Å². The Kier molecular flexibility index (Phi) is 4.09. The summed E-state index contributed by atoms with van der Waals surface area (Å²) in [6.45, 7) is 4.18. The van der Waals surface area contributed by atoms with Crippen molar-refractivity contribution in [1.82, 2.24) is 4.31 Å². The Hall–Kier alpha value is -2.24. The zero-order chi connectivity index (χ0) is 18.5. The first kappa shape index (κ1) is 17.2. The Bertz CT molecular complexity index is 994. The van der Waals surface area contributed by atoms with E-state index in [1.807, 2.05) is 43.4 Å². The fraction of sp³-hybridized carbons (Fsp3) is 0.286. The van der Waals surface area contributed by atoms with E-state index in [2.05, 4.69) is 6.08 Å². The Morgan fingerprint density at radius 3 is 2.58 bits per heavy atom. The average molecular weight is 367 g/mol. The average Bonchev–Trinajstić information content (AvgIpc) is 3.03. The lowest BCUT2D eigenvalue weighted by molar-refractivity contribution is -0.114. The molecule has 2 atom stereocenters. The molecule has 1 aromatic rings. The first-order valence-electron chi connectivity index (χ1n) is 8.75. The summed E-state index contributed by atoms with van der Waals surface area (Å²) in [5.74, 6) is -0.0579. The van der Waals surface area contributed by atoms with Crippen molar-refractivity contribution >= 4 is 15.8 Å². The largest absolute Gasteiger partial charge is 0.295 e. The van der Waals surface area contributed by atoms with Crippen molar-refractivity contribution in [3.63, 3.8) is 0 Å². The molecule has 0 saturated carbocycles. The lowest BCUT2D eigenvalue weighted by Crippen LogP contribution is -2.28. The molecule has 1 fully saturated rings. The molecular formula is C21H21NO3S. The minimum Gasteiger partial charge on any atom is -0.295 e. The predicted molar refractivity (Wildman–Crippen MR) is 101 cm³/mol. The third-order valence-corrected chi connectivity index (χ3v) is 7.17. The lowest BCUT2D eigenvalue weighted by atomic mass is 9.75. The molecule has 0 amide bonds. The summed E-state index contributed by atoms with van der Waals surface area (Å²) in [5, 5.41) is 0. The number of sulfonamides is 1. The zero-order valence-corrected chi connectivity index (χ0v) is 15.7. The van der Waals surface area contributed by atoms with Gasteiger partial charge in [-0.3, -0.25) is 4.79 Å². The molecule has 4 rings (SSSR count). The summed E-state index contributed by atoms with van der Waals surface area (Å²) in [6, 6.07) is 6.91. The highest BCUT2D eigenvalue weighted by Gasteiger charge is 2.41. The second kappa shape index (κ2) is 6.18. The molecule has 0 N–H and O–H groups in total. The van der Waals surface area contributed by atoms with Crippen molar-refractivity contribution in [2.45, 2.75) is 18.7 Å². The Morgan fingerprint density at radius 1 is 1.15 bits per heavy atom. The molecule has 0 bridgehead atoms. The smallest absolute Gasteiger partial charge is 0.243 e. The van der Waals surface area contributed by atoms with Crippen LogP contribution >= 0.6 is 0 Å². The lowest BCUT2D eigenvalue weighted by Gasteiger charge is -2.27. The molecule has 134 valence electrons. The predicted octanol–water partition coefficient (Wildman–Crippen LogP) is 3.18.